The number of anilines is 1. The number of ether oxygens (including phenoxy) is 1. The second-order valence-corrected chi connectivity index (χ2v) is 6.04. The molecule has 4 nitrogen and oxygen atoms in total. The number of rotatable bonds is 4. The highest BCUT2D eigenvalue weighted by atomic mass is 16.5. The molecular weight excluding hydrogens is 238 g/mol. The third-order valence-electron chi connectivity index (χ3n) is 3.47. The molecule has 2 rings (SSSR count). The van der Waals surface area contributed by atoms with Crippen molar-refractivity contribution in [3.8, 4) is 0 Å². The van der Waals surface area contributed by atoms with Gasteiger partial charge in [-0.1, -0.05) is 19.9 Å². The Morgan fingerprint density at radius 1 is 1.47 bits per heavy atom. The second-order valence-electron chi connectivity index (χ2n) is 6.04. The highest BCUT2D eigenvalue weighted by molar-refractivity contribution is 5.49. The molecule has 0 aliphatic carbocycles. The largest absolute Gasteiger partial charge is 0.377 e. The van der Waals surface area contributed by atoms with Crippen LogP contribution in [0.4, 0.5) is 5.82 Å². The molecule has 1 fully saturated rings. The van der Waals surface area contributed by atoms with Gasteiger partial charge in [-0.25, -0.2) is 4.98 Å². The average molecular weight is 263 g/mol. The Labute approximate surface area is 116 Å². The molecule has 1 aromatic heterocycles. The molecule has 0 spiro atoms. The fourth-order valence-electron chi connectivity index (χ4n) is 2.38. The smallest absolute Gasteiger partial charge is 0.133 e. The molecule has 2 heterocycles. The van der Waals surface area contributed by atoms with Crippen LogP contribution in [0.25, 0.3) is 0 Å². The standard InChI is InChI=1S/C15H25N3O/c1-12(2)17-10-13-6-5-7-16-14(13)18-8-9-19-11-15(18,3)4/h5-7,12,17H,8-11H2,1-4H3. The Bertz CT molecular complexity index is 418. The Kier molecular flexibility index (Phi) is 4.42. The fourth-order valence-corrected chi connectivity index (χ4v) is 2.38. The first kappa shape index (κ1) is 14.3. The zero-order valence-corrected chi connectivity index (χ0v) is 12.4. The lowest BCUT2D eigenvalue weighted by Crippen LogP contribution is -2.54. The minimum absolute atomic E-state index is 0.000809. The van der Waals surface area contributed by atoms with Crippen molar-refractivity contribution in [3.05, 3.63) is 23.9 Å². The van der Waals surface area contributed by atoms with E-state index in [0.717, 1.165) is 32.1 Å². The van der Waals surface area contributed by atoms with Gasteiger partial charge < -0.3 is 15.0 Å². The number of nitrogens with one attached hydrogen (secondary N) is 1. The summed E-state index contributed by atoms with van der Waals surface area (Å²) in [5.41, 5.74) is 1.25. The summed E-state index contributed by atoms with van der Waals surface area (Å²) >= 11 is 0. The molecule has 0 saturated carbocycles. The number of aromatic nitrogens is 1. The van der Waals surface area contributed by atoms with Crippen molar-refractivity contribution < 1.29 is 4.74 Å². The molecule has 4 heteroatoms. The van der Waals surface area contributed by atoms with Gasteiger partial charge in [0.15, 0.2) is 0 Å². The molecule has 1 aromatic rings. The Morgan fingerprint density at radius 2 is 2.26 bits per heavy atom. The van der Waals surface area contributed by atoms with Crippen LogP contribution in [-0.2, 0) is 11.3 Å². The second kappa shape index (κ2) is 5.88. The maximum Gasteiger partial charge on any atom is 0.133 e. The van der Waals surface area contributed by atoms with Crippen molar-refractivity contribution in [2.24, 2.45) is 0 Å². The van der Waals surface area contributed by atoms with Gasteiger partial charge in [-0.3, -0.25) is 0 Å². The summed E-state index contributed by atoms with van der Waals surface area (Å²) in [4.78, 5) is 6.98. The van der Waals surface area contributed by atoms with E-state index in [1.807, 2.05) is 12.3 Å². The number of hydrogen-bond acceptors (Lipinski definition) is 4. The molecule has 1 N–H and O–H groups in total. The molecule has 19 heavy (non-hydrogen) atoms. The van der Waals surface area contributed by atoms with Crippen LogP contribution in [0.3, 0.4) is 0 Å². The van der Waals surface area contributed by atoms with Crippen molar-refractivity contribution in [1.82, 2.24) is 10.3 Å². The zero-order chi connectivity index (χ0) is 13.9. The van der Waals surface area contributed by atoms with Gasteiger partial charge in [0, 0.05) is 30.9 Å². The molecular formula is C15H25N3O. The molecule has 0 aromatic carbocycles. The lowest BCUT2D eigenvalue weighted by molar-refractivity contribution is 0.0638. The maximum absolute atomic E-state index is 5.59. The SMILES string of the molecule is CC(C)NCc1cccnc1N1CCOCC1(C)C. The van der Waals surface area contributed by atoms with Crippen molar-refractivity contribution in [1.29, 1.82) is 0 Å². The number of hydrogen-bond donors (Lipinski definition) is 1. The van der Waals surface area contributed by atoms with Gasteiger partial charge in [-0.15, -0.1) is 0 Å². The molecule has 0 unspecified atom stereocenters. The predicted octanol–water partition coefficient (Wildman–Crippen LogP) is 2.19. The first-order valence-electron chi connectivity index (χ1n) is 7.03. The van der Waals surface area contributed by atoms with Crippen molar-refractivity contribution >= 4 is 5.82 Å². The van der Waals surface area contributed by atoms with Crippen LogP contribution in [0.5, 0.6) is 0 Å². The topological polar surface area (TPSA) is 37.4 Å². The van der Waals surface area contributed by atoms with E-state index in [0.29, 0.717) is 6.04 Å². The average Bonchev–Trinajstić information content (AvgIpc) is 2.36. The molecule has 1 saturated heterocycles. The summed E-state index contributed by atoms with van der Waals surface area (Å²) in [6, 6.07) is 4.64. The van der Waals surface area contributed by atoms with Crippen molar-refractivity contribution in [3.63, 3.8) is 0 Å². The van der Waals surface area contributed by atoms with Crippen LogP contribution in [-0.4, -0.2) is 36.3 Å². The lowest BCUT2D eigenvalue weighted by Gasteiger charge is -2.43. The van der Waals surface area contributed by atoms with Gasteiger partial charge >= 0.3 is 0 Å². The van der Waals surface area contributed by atoms with Crippen LogP contribution in [0.2, 0.25) is 0 Å². The predicted molar refractivity (Wildman–Crippen MR) is 78.5 cm³/mol. The van der Waals surface area contributed by atoms with E-state index in [2.05, 4.69) is 49.0 Å². The molecule has 0 bridgehead atoms. The number of morpholine rings is 1. The first-order chi connectivity index (χ1) is 9.00. The summed E-state index contributed by atoms with van der Waals surface area (Å²) in [6.45, 7) is 12.0. The molecule has 0 amide bonds. The van der Waals surface area contributed by atoms with E-state index in [-0.39, 0.29) is 5.54 Å². The van der Waals surface area contributed by atoms with E-state index in [4.69, 9.17) is 4.74 Å². The van der Waals surface area contributed by atoms with E-state index in [1.165, 1.54) is 5.56 Å². The quantitative estimate of drug-likeness (QED) is 0.903. The van der Waals surface area contributed by atoms with Gasteiger partial charge in [-0.05, 0) is 19.9 Å². The highest BCUT2D eigenvalue weighted by Gasteiger charge is 2.32. The minimum atomic E-state index is -0.000809. The van der Waals surface area contributed by atoms with E-state index >= 15 is 0 Å². The van der Waals surface area contributed by atoms with E-state index < -0.39 is 0 Å². The minimum Gasteiger partial charge on any atom is -0.377 e. The number of nitrogens with zero attached hydrogens (tertiary/aromatic N) is 2. The molecule has 0 atom stereocenters. The third-order valence-corrected chi connectivity index (χ3v) is 3.47. The van der Waals surface area contributed by atoms with E-state index in [1.54, 1.807) is 0 Å². The highest BCUT2D eigenvalue weighted by Crippen LogP contribution is 2.27. The molecule has 0 radical (unpaired) electrons. The third kappa shape index (κ3) is 3.45. The lowest BCUT2D eigenvalue weighted by atomic mass is 10.0. The Balaban J connectivity index is 2.23. The van der Waals surface area contributed by atoms with Gasteiger partial charge in [0.2, 0.25) is 0 Å². The normalized spacial score (nSPS) is 18.9. The molecule has 106 valence electrons. The summed E-state index contributed by atoms with van der Waals surface area (Å²) in [7, 11) is 0. The summed E-state index contributed by atoms with van der Waals surface area (Å²) in [5.74, 6) is 1.09. The Morgan fingerprint density at radius 3 is 2.95 bits per heavy atom. The number of pyridine rings is 1. The first-order valence-corrected chi connectivity index (χ1v) is 7.03. The van der Waals surface area contributed by atoms with Crippen LogP contribution in [0, 0.1) is 0 Å². The van der Waals surface area contributed by atoms with Crippen molar-refractivity contribution in [2.75, 3.05) is 24.7 Å². The molecule has 1 aliphatic rings. The monoisotopic (exact) mass is 263 g/mol. The van der Waals surface area contributed by atoms with E-state index in [9.17, 15) is 0 Å². The Hall–Kier alpha value is -1.13. The summed E-state index contributed by atoms with van der Waals surface area (Å²) in [6.07, 6.45) is 1.87. The van der Waals surface area contributed by atoms with Crippen molar-refractivity contribution in [2.45, 2.75) is 45.8 Å². The fraction of sp³-hybridized carbons (Fsp3) is 0.667. The van der Waals surface area contributed by atoms with Crippen LogP contribution >= 0.6 is 0 Å². The van der Waals surface area contributed by atoms with Crippen LogP contribution in [0.1, 0.15) is 33.3 Å². The molecule has 1 aliphatic heterocycles. The van der Waals surface area contributed by atoms with Crippen LogP contribution < -0.4 is 10.2 Å². The van der Waals surface area contributed by atoms with Gasteiger partial charge in [0.1, 0.15) is 5.82 Å². The van der Waals surface area contributed by atoms with Gasteiger partial charge in [0.25, 0.3) is 0 Å². The summed E-state index contributed by atoms with van der Waals surface area (Å²) < 4.78 is 5.59. The van der Waals surface area contributed by atoms with Crippen LogP contribution in [0.15, 0.2) is 18.3 Å². The summed E-state index contributed by atoms with van der Waals surface area (Å²) in [5, 5.41) is 3.47. The van der Waals surface area contributed by atoms with Gasteiger partial charge in [0.05, 0.1) is 18.8 Å². The maximum atomic E-state index is 5.59. The van der Waals surface area contributed by atoms with Gasteiger partial charge in [-0.2, -0.15) is 0 Å². The zero-order valence-electron chi connectivity index (χ0n) is 12.4.